The van der Waals surface area contributed by atoms with Gasteiger partial charge in [-0.3, -0.25) is 0 Å². The molecule has 0 aliphatic carbocycles. The van der Waals surface area contributed by atoms with Crippen molar-refractivity contribution in [2.75, 3.05) is 13.2 Å². The molecule has 8 nitrogen and oxygen atoms in total. The van der Waals surface area contributed by atoms with Crippen molar-refractivity contribution in [1.29, 1.82) is 0 Å². The highest BCUT2D eigenvalue weighted by Crippen LogP contribution is 2.02. The summed E-state index contributed by atoms with van der Waals surface area (Å²) < 4.78 is 0. The molecule has 6 N–H and O–H groups in total. The fourth-order valence-corrected chi connectivity index (χ4v) is 0.618. The average Bonchev–Trinajstić information content (AvgIpc) is 2.34. The van der Waals surface area contributed by atoms with Gasteiger partial charge in [-0.1, -0.05) is 0 Å². The van der Waals surface area contributed by atoms with E-state index in [1.165, 1.54) is 0 Å². The van der Waals surface area contributed by atoms with Gasteiger partial charge in [-0.2, -0.15) is 0 Å². The maximum absolute atomic E-state index is 9.90. The molecule has 8 heteroatoms. The molecule has 4 atom stereocenters. The van der Waals surface area contributed by atoms with E-state index in [9.17, 15) is 4.79 Å². The van der Waals surface area contributed by atoms with Gasteiger partial charge in [0.05, 0.1) is 13.2 Å². The molecule has 96 valence electrons. The van der Waals surface area contributed by atoms with Gasteiger partial charge in [-0.25, -0.2) is 0 Å². The van der Waals surface area contributed by atoms with Crippen molar-refractivity contribution in [1.82, 2.24) is 0 Å². The van der Waals surface area contributed by atoms with Crippen LogP contribution in [0.5, 0.6) is 0 Å². The van der Waals surface area contributed by atoms with Crippen LogP contribution in [0.15, 0.2) is 0 Å². The van der Waals surface area contributed by atoms with Crippen LogP contribution >= 0.6 is 0 Å². The second kappa shape index (κ2) is 10.6. The molecule has 0 heterocycles. The minimum atomic E-state index is -1.79. The predicted molar refractivity (Wildman–Crippen MR) is 50.3 cm³/mol. The van der Waals surface area contributed by atoms with Gasteiger partial charge in [0.2, 0.25) is 0 Å². The first-order valence-electron chi connectivity index (χ1n) is 4.29. The molecule has 0 aromatic rings. The summed E-state index contributed by atoms with van der Waals surface area (Å²) in [6.45, 7) is -1.12. The van der Waals surface area contributed by atoms with E-state index in [2.05, 4.69) is 0 Å². The van der Waals surface area contributed by atoms with Crippen LogP contribution in [0.4, 0.5) is 0 Å². The number of carbonyl (C=O) groups is 2. The molecule has 0 saturated carbocycles. The van der Waals surface area contributed by atoms with Gasteiger partial charge in [0.25, 0.3) is 0 Å². The Labute approximate surface area is 91.4 Å². The molecule has 0 bridgehead atoms. The molecule has 16 heavy (non-hydrogen) atoms. The summed E-state index contributed by atoms with van der Waals surface area (Å²) in [4.78, 5) is 18.8. The van der Waals surface area contributed by atoms with Gasteiger partial charge < -0.3 is 40.2 Å². The molecule has 4 unspecified atom stereocenters. The predicted octanol–water partition coefficient (Wildman–Crippen LogP) is -4.20. The number of hydrogen-bond donors (Lipinski definition) is 6. The summed E-state index contributed by atoms with van der Waals surface area (Å²) >= 11 is 0. The maximum Gasteiger partial charge on any atom is 0.151 e. The Bertz CT molecular complexity index is 185. The molecule has 0 radical (unpaired) electrons. The van der Waals surface area contributed by atoms with Gasteiger partial charge >= 0.3 is 0 Å². The highest BCUT2D eigenvalue weighted by molar-refractivity contribution is 5.56. The summed E-state index contributed by atoms with van der Waals surface area (Å²) in [7, 11) is 0. The number of hydrogen-bond acceptors (Lipinski definition) is 8. The van der Waals surface area contributed by atoms with Crippen molar-refractivity contribution < 1.29 is 40.2 Å². The van der Waals surface area contributed by atoms with Crippen LogP contribution in [-0.4, -0.2) is 80.8 Å². The maximum atomic E-state index is 9.90. The zero-order valence-electron chi connectivity index (χ0n) is 8.38. The summed E-state index contributed by atoms with van der Waals surface area (Å²) in [5, 5.41) is 51.0. The van der Waals surface area contributed by atoms with Gasteiger partial charge in [0.1, 0.15) is 30.7 Å². The van der Waals surface area contributed by atoms with E-state index in [1.54, 1.807) is 0 Å². The summed E-state index contributed by atoms with van der Waals surface area (Å²) in [6, 6.07) is 0. The van der Waals surface area contributed by atoms with Crippen molar-refractivity contribution in [3.05, 3.63) is 0 Å². The highest BCUT2D eigenvalue weighted by atomic mass is 16.4. The average molecular weight is 240 g/mol. The third-order valence-electron chi connectivity index (χ3n) is 1.50. The number of aliphatic hydroxyl groups is 6. The van der Waals surface area contributed by atoms with Crippen molar-refractivity contribution in [2.45, 2.75) is 24.4 Å². The number of aldehydes is 2. The van der Waals surface area contributed by atoms with Gasteiger partial charge in [-0.05, 0) is 0 Å². The van der Waals surface area contributed by atoms with Crippen LogP contribution in [0.1, 0.15) is 0 Å². The second-order valence-electron chi connectivity index (χ2n) is 2.71. The van der Waals surface area contributed by atoms with Crippen LogP contribution in [0, 0.1) is 0 Å². The standard InChI is InChI=1S/C6H12O6.C2H4O2/c7-1-3(9)5(11)6(12)4(10)2-8;3-1-2-4/h1,3-6,8-12H,2H2;1,4H,2H2. The van der Waals surface area contributed by atoms with Crippen LogP contribution in [0.2, 0.25) is 0 Å². The summed E-state index contributed by atoms with van der Waals surface area (Å²) in [5.74, 6) is 0. The third-order valence-corrected chi connectivity index (χ3v) is 1.50. The second-order valence-corrected chi connectivity index (χ2v) is 2.71. The largest absolute Gasteiger partial charge is 0.394 e. The lowest BCUT2D eigenvalue weighted by Crippen LogP contribution is -2.46. The van der Waals surface area contributed by atoms with E-state index in [1.807, 2.05) is 0 Å². The Kier molecular flexibility index (Phi) is 11.6. The Hall–Kier alpha value is -0.900. The molecular weight excluding hydrogens is 224 g/mol. The van der Waals surface area contributed by atoms with Crippen molar-refractivity contribution in [2.24, 2.45) is 0 Å². The van der Waals surface area contributed by atoms with Crippen LogP contribution in [-0.2, 0) is 9.59 Å². The Balaban J connectivity index is 0. The Morgan fingerprint density at radius 1 is 0.938 bits per heavy atom. The minimum Gasteiger partial charge on any atom is -0.394 e. The van der Waals surface area contributed by atoms with Crippen molar-refractivity contribution in [3.8, 4) is 0 Å². The summed E-state index contributed by atoms with van der Waals surface area (Å²) in [5.41, 5.74) is 0. The normalized spacial score (nSPS) is 17.4. The fraction of sp³-hybridized carbons (Fsp3) is 0.750. The third kappa shape index (κ3) is 7.40. The lowest BCUT2D eigenvalue weighted by Gasteiger charge is -2.22. The molecule has 0 amide bonds. The van der Waals surface area contributed by atoms with E-state index in [0.29, 0.717) is 6.29 Å². The quantitative estimate of drug-likeness (QED) is 0.255. The minimum absolute atomic E-state index is 0.0258. The smallest absolute Gasteiger partial charge is 0.151 e. The fourth-order valence-electron chi connectivity index (χ4n) is 0.618. The van der Waals surface area contributed by atoms with E-state index in [0.717, 1.165) is 0 Å². The molecule has 0 rings (SSSR count). The molecule has 0 spiro atoms. The topological polar surface area (TPSA) is 156 Å². The first kappa shape index (κ1) is 17.5. The Morgan fingerprint density at radius 2 is 1.38 bits per heavy atom. The van der Waals surface area contributed by atoms with E-state index in [4.69, 9.17) is 35.4 Å². The number of carbonyl (C=O) groups excluding carboxylic acids is 2. The molecular formula is C8H16O8. The zero-order valence-corrected chi connectivity index (χ0v) is 8.38. The molecule has 0 fully saturated rings. The van der Waals surface area contributed by atoms with Crippen LogP contribution < -0.4 is 0 Å². The van der Waals surface area contributed by atoms with Crippen molar-refractivity contribution in [3.63, 3.8) is 0 Å². The number of rotatable bonds is 6. The molecule has 0 saturated heterocycles. The lowest BCUT2D eigenvalue weighted by molar-refractivity contribution is -0.136. The SMILES string of the molecule is O=CC(O)C(O)C(O)C(O)CO.O=CCO. The summed E-state index contributed by atoms with van der Waals surface area (Å²) in [6.07, 6.45) is -6.41. The number of aliphatic hydroxyl groups excluding tert-OH is 6. The molecule has 0 aliphatic heterocycles. The molecule has 0 aromatic heterocycles. The van der Waals surface area contributed by atoms with Crippen LogP contribution in [0.25, 0.3) is 0 Å². The van der Waals surface area contributed by atoms with Crippen LogP contribution in [0.3, 0.4) is 0 Å². The van der Waals surface area contributed by atoms with Gasteiger partial charge in [0.15, 0.2) is 6.29 Å². The highest BCUT2D eigenvalue weighted by Gasteiger charge is 2.29. The lowest BCUT2D eigenvalue weighted by atomic mass is 10.0. The van der Waals surface area contributed by atoms with Gasteiger partial charge in [0, 0.05) is 0 Å². The molecule has 0 aromatic carbocycles. The van der Waals surface area contributed by atoms with E-state index in [-0.39, 0.29) is 12.9 Å². The van der Waals surface area contributed by atoms with Gasteiger partial charge in [-0.15, -0.1) is 0 Å². The zero-order chi connectivity index (χ0) is 13.1. The van der Waals surface area contributed by atoms with Crippen molar-refractivity contribution >= 4 is 12.6 Å². The van der Waals surface area contributed by atoms with E-state index < -0.39 is 31.0 Å². The Morgan fingerprint density at radius 3 is 1.62 bits per heavy atom. The monoisotopic (exact) mass is 240 g/mol. The first-order valence-corrected chi connectivity index (χ1v) is 4.29. The molecule has 0 aliphatic rings. The first-order chi connectivity index (χ1) is 7.45. The van der Waals surface area contributed by atoms with E-state index >= 15 is 0 Å².